The Hall–Kier alpha value is -1.12. The zero-order valence-electron chi connectivity index (χ0n) is 15.4. The smallest absolute Gasteiger partial charge is 0.317 e. The molecule has 0 N–H and O–H groups in total. The van der Waals surface area contributed by atoms with Crippen molar-refractivity contribution in [2.75, 3.05) is 0 Å². The lowest BCUT2D eigenvalue weighted by Crippen LogP contribution is -2.48. The summed E-state index contributed by atoms with van der Waals surface area (Å²) in [5, 5.41) is 0. The van der Waals surface area contributed by atoms with Gasteiger partial charge in [0.2, 0.25) is 0 Å². The molecule has 8 fully saturated rings. The zero-order valence-corrected chi connectivity index (χ0v) is 15.4. The van der Waals surface area contributed by atoms with Crippen molar-refractivity contribution in [1.82, 2.24) is 0 Å². The van der Waals surface area contributed by atoms with Gasteiger partial charge in [0.05, 0.1) is 11.8 Å². The molecule has 0 aromatic rings. The van der Waals surface area contributed by atoms with Crippen LogP contribution in [0.15, 0.2) is 12.2 Å². The van der Waals surface area contributed by atoms with Gasteiger partial charge in [-0.3, -0.25) is 9.59 Å². The highest BCUT2D eigenvalue weighted by Gasteiger charge is 2.78. The SMILES string of the molecule is O=C1OC(=O)C2C3CC(C12)C1C2CC(C31)C1C3CC(C4C5C=CC(C5)C34)C21. The van der Waals surface area contributed by atoms with Crippen molar-refractivity contribution in [2.24, 2.45) is 94.7 Å². The molecule has 140 valence electrons. The molecule has 1 saturated heterocycles. The summed E-state index contributed by atoms with van der Waals surface area (Å²) < 4.78 is 5.12. The highest BCUT2D eigenvalue weighted by atomic mass is 16.6. The molecule has 0 aromatic carbocycles. The summed E-state index contributed by atoms with van der Waals surface area (Å²) in [5.74, 6) is 11.5. The Morgan fingerprint density at radius 3 is 1.48 bits per heavy atom. The van der Waals surface area contributed by atoms with Crippen LogP contribution < -0.4 is 0 Å². The Labute approximate surface area is 159 Å². The number of hydrogen-bond acceptors (Lipinski definition) is 3. The Balaban J connectivity index is 1.15. The van der Waals surface area contributed by atoms with Gasteiger partial charge in [-0.05, 0) is 109 Å². The lowest BCUT2D eigenvalue weighted by Gasteiger charge is -2.50. The van der Waals surface area contributed by atoms with E-state index in [0.717, 1.165) is 77.4 Å². The second-order valence-corrected chi connectivity index (χ2v) is 11.9. The quantitative estimate of drug-likeness (QED) is 0.288. The van der Waals surface area contributed by atoms with Crippen LogP contribution >= 0.6 is 0 Å². The molecule has 1 aliphatic heterocycles. The number of cyclic esters (lactones) is 2. The van der Waals surface area contributed by atoms with E-state index in [2.05, 4.69) is 12.2 Å². The number of fused-ring (bicyclic) bond motifs is 26. The first kappa shape index (κ1) is 14.0. The monoisotopic (exact) mass is 362 g/mol. The van der Waals surface area contributed by atoms with Crippen molar-refractivity contribution < 1.29 is 14.3 Å². The predicted octanol–water partition coefficient (Wildman–Crippen LogP) is 3.15. The maximum Gasteiger partial charge on any atom is 0.317 e. The number of hydrogen-bond donors (Lipinski definition) is 0. The standard InChI is InChI=1S/C24H26O3/c25-23-21-13-6-14(22(21)24(26)27-23)20-12-5-11(19(13)20)17-9-4-10(18(12)17)16-8-2-1-7(3-8)15(9)16/h1-2,7-22H,3-6H2. The fraction of sp³-hybridized carbons (Fsp3) is 0.833. The molecule has 7 saturated carbocycles. The number of rotatable bonds is 0. The molecule has 3 nitrogen and oxygen atoms in total. The molecule has 1 heterocycles. The van der Waals surface area contributed by atoms with Crippen LogP contribution in [0, 0.1) is 94.7 Å². The molecule has 0 amide bonds. The van der Waals surface area contributed by atoms with Gasteiger partial charge < -0.3 is 4.74 Å². The number of esters is 2. The molecular weight excluding hydrogens is 336 g/mol. The Morgan fingerprint density at radius 2 is 0.963 bits per heavy atom. The van der Waals surface area contributed by atoms with Crippen molar-refractivity contribution >= 4 is 11.9 Å². The van der Waals surface area contributed by atoms with Crippen molar-refractivity contribution in [2.45, 2.75) is 25.7 Å². The van der Waals surface area contributed by atoms with E-state index in [-0.39, 0.29) is 23.8 Å². The van der Waals surface area contributed by atoms with Gasteiger partial charge in [0.15, 0.2) is 0 Å². The van der Waals surface area contributed by atoms with Gasteiger partial charge in [0, 0.05) is 0 Å². The fourth-order valence-corrected chi connectivity index (χ4v) is 12.4. The number of carbonyl (C=O) groups excluding carboxylic acids is 2. The average Bonchev–Trinajstić information content (AvgIpc) is 3.44. The molecule has 8 bridgehead atoms. The molecule has 16 atom stereocenters. The molecular formula is C24H26O3. The number of allylic oxidation sites excluding steroid dienone is 2. The fourth-order valence-electron chi connectivity index (χ4n) is 12.4. The number of carbonyl (C=O) groups is 2. The molecule has 9 rings (SSSR count). The molecule has 9 aliphatic rings. The van der Waals surface area contributed by atoms with E-state index in [1.807, 2.05) is 0 Å². The molecule has 0 aromatic heterocycles. The average molecular weight is 362 g/mol. The Morgan fingerprint density at radius 1 is 0.556 bits per heavy atom. The summed E-state index contributed by atoms with van der Waals surface area (Å²) in [5.41, 5.74) is 0. The number of ether oxygens (including phenoxy) is 1. The van der Waals surface area contributed by atoms with Gasteiger partial charge in [-0.2, -0.15) is 0 Å². The minimum Gasteiger partial charge on any atom is -0.393 e. The molecule has 27 heavy (non-hydrogen) atoms. The van der Waals surface area contributed by atoms with Crippen LogP contribution in [0.5, 0.6) is 0 Å². The van der Waals surface area contributed by atoms with E-state index in [4.69, 9.17) is 4.74 Å². The van der Waals surface area contributed by atoms with Crippen LogP contribution in [0.25, 0.3) is 0 Å². The third-order valence-electron chi connectivity index (χ3n) is 12.1. The van der Waals surface area contributed by atoms with E-state index in [1.165, 1.54) is 19.3 Å². The minimum absolute atomic E-state index is 0.0571. The lowest BCUT2D eigenvalue weighted by atomic mass is 9.53. The normalized spacial score (nSPS) is 72.1. The van der Waals surface area contributed by atoms with Crippen LogP contribution in [-0.4, -0.2) is 11.9 Å². The summed E-state index contributed by atoms with van der Waals surface area (Å²) >= 11 is 0. The van der Waals surface area contributed by atoms with Crippen molar-refractivity contribution in [1.29, 1.82) is 0 Å². The molecule has 16 unspecified atom stereocenters. The van der Waals surface area contributed by atoms with Gasteiger partial charge in [-0.15, -0.1) is 0 Å². The van der Waals surface area contributed by atoms with Gasteiger partial charge in [0.25, 0.3) is 0 Å². The van der Waals surface area contributed by atoms with Crippen molar-refractivity contribution in [3.05, 3.63) is 12.2 Å². The van der Waals surface area contributed by atoms with E-state index in [9.17, 15) is 9.59 Å². The summed E-state index contributed by atoms with van der Waals surface area (Å²) in [6, 6.07) is 0. The van der Waals surface area contributed by atoms with Crippen molar-refractivity contribution in [3.8, 4) is 0 Å². The molecule has 0 spiro atoms. The minimum atomic E-state index is -0.165. The second-order valence-electron chi connectivity index (χ2n) is 11.9. The lowest BCUT2D eigenvalue weighted by molar-refractivity contribution is -0.154. The second kappa shape index (κ2) is 3.96. The van der Waals surface area contributed by atoms with Crippen LogP contribution in [0.4, 0.5) is 0 Å². The van der Waals surface area contributed by atoms with E-state index < -0.39 is 0 Å². The van der Waals surface area contributed by atoms with E-state index in [0.29, 0.717) is 11.8 Å². The van der Waals surface area contributed by atoms with Gasteiger partial charge in [-0.1, -0.05) is 12.2 Å². The highest BCUT2D eigenvalue weighted by molar-refractivity contribution is 5.97. The molecule has 8 aliphatic carbocycles. The third-order valence-corrected chi connectivity index (χ3v) is 12.1. The first-order valence-electron chi connectivity index (χ1n) is 11.7. The first-order chi connectivity index (χ1) is 13.2. The topological polar surface area (TPSA) is 43.4 Å². The zero-order chi connectivity index (χ0) is 17.3. The van der Waals surface area contributed by atoms with Crippen LogP contribution in [0.1, 0.15) is 25.7 Å². The predicted molar refractivity (Wildman–Crippen MR) is 94.5 cm³/mol. The third kappa shape index (κ3) is 1.21. The van der Waals surface area contributed by atoms with Gasteiger partial charge >= 0.3 is 11.9 Å². The summed E-state index contributed by atoms with van der Waals surface area (Å²) in [6.07, 6.45) is 10.7. The van der Waals surface area contributed by atoms with E-state index in [1.54, 1.807) is 0 Å². The summed E-state index contributed by atoms with van der Waals surface area (Å²) in [6.45, 7) is 0. The Kier molecular flexibility index (Phi) is 2.05. The van der Waals surface area contributed by atoms with Crippen LogP contribution in [0.2, 0.25) is 0 Å². The molecule has 3 heteroatoms. The largest absolute Gasteiger partial charge is 0.393 e. The maximum atomic E-state index is 12.4. The van der Waals surface area contributed by atoms with Crippen LogP contribution in [-0.2, 0) is 14.3 Å². The summed E-state index contributed by atoms with van der Waals surface area (Å²) in [7, 11) is 0. The van der Waals surface area contributed by atoms with Gasteiger partial charge in [0.1, 0.15) is 0 Å². The van der Waals surface area contributed by atoms with Crippen LogP contribution in [0.3, 0.4) is 0 Å². The summed E-state index contributed by atoms with van der Waals surface area (Å²) in [4.78, 5) is 24.8. The highest BCUT2D eigenvalue weighted by Crippen LogP contribution is 2.81. The maximum absolute atomic E-state index is 12.4. The first-order valence-corrected chi connectivity index (χ1v) is 11.7. The van der Waals surface area contributed by atoms with Gasteiger partial charge in [-0.25, -0.2) is 0 Å². The molecule has 0 radical (unpaired) electrons. The Bertz CT molecular complexity index is 796. The van der Waals surface area contributed by atoms with Crippen molar-refractivity contribution in [3.63, 3.8) is 0 Å². The van der Waals surface area contributed by atoms with E-state index >= 15 is 0 Å².